The molecule has 0 bridgehead atoms. The van der Waals surface area contributed by atoms with Crippen LogP contribution in [0.2, 0.25) is 0 Å². The minimum atomic E-state index is 0.601. The van der Waals surface area contributed by atoms with E-state index in [0.717, 1.165) is 6.54 Å². The molecule has 1 fully saturated rings. The lowest BCUT2D eigenvalue weighted by Gasteiger charge is -2.29. The first kappa shape index (κ1) is 12.0. The summed E-state index contributed by atoms with van der Waals surface area (Å²) in [5.74, 6) is 0. The van der Waals surface area contributed by atoms with Gasteiger partial charge in [-0.15, -0.1) is 0 Å². The summed E-state index contributed by atoms with van der Waals surface area (Å²) >= 11 is 0. The molecule has 14 heavy (non-hydrogen) atoms. The monoisotopic (exact) mass is 198 g/mol. The van der Waals surface area contributed by atoms with Crippen molar-refractivity contribution in [2.24, 2.45) is 5.41 Å². The highest BCUT2D eigenvalue weighted by Crippen LogP contribution is 2.40. The SMILES string of the molecule is CCC1(CNC(C)CNC)CCCC1. The van der Waals surface area contributed by atoms with Gasteiger partial charge in [0.15, 0.2) is 0 Å². The van der Waals surface area contributed by atoms with Crippen molar-refractivity contribution >= 4 is 0 Å². The van der Waals surface area contributed by atoms with Crippen molar-refractivity contribution in [3.05, 3.63) is 0 Å². The molecule has 0 saturated heterocycles. The van der Waals surface area contributed by atoms with Crippen LogP contribution in [0.3, 0.4) is 0 Å². The molecule has 2 N–H and O–H groups in total. The van der Waals surface area contributed by atoms with Gasteiger partial charge in [-0.25, -0.2) is 0 Å². The van der Waals surface area contributed by atoms with Gasteiger partial charge in [-0.05, 0) is 38.6 Å². The fourth-order valence-corrected chi connectivity index (χ4v) is 2.55. The zero-order valence-corrected chi connectivity index (χ0v) is 10.0. The maximum atomic E-state index is 3.65. The number of nitrogens with one attached hydrogen (secondary N) is 2. The normalized spacial score (nSPS) is 22.5. The van der Waals surface area contributed by atoms with Gasteiger partial charge in [0.25, 0.3) is 0 Å². The van der Waals surface area contributed by atoms with Crippen molar-refractivity contribution in [1.29, 1.82) is 0 Å². The van der Waals surface area contributed by atoms with Crippen LogP contribution in [0.1, 0.15) is 46.0 Å². The second-order valence-electron chi connectivity index (χ2n) is 4.90. The van der Waals surface area contributed by atoms with E-state index in [1.165, 1.54) is 38.6 Å². The van der Waals surface area contributed by atoms with Crippen molar-refractivity contribution in [2.75, 3.05) is 20.1 Å². The van der Waals surface area contributed by atoms with Gasteiger partial charge in [0.2, 0.25) is 0 Å². The Bertz CT molecular complexity index is 150. The molecule has 1 aliphatic carbocycles. The van der Waals surface area contributed by atoms with Gasteiger partial charge in [0.05, 0.1) is 0 Å². The molecule has 2 nitrogen and oxygen atoms in total. The fraction of sp³-hybridized carbons (Fsp3) is 1.00. The summed E-state index contributed by atoms with van der Waals surface area (Å²) in [6.45, 7) is 6.89. The fourth-order valence-electron chi connectivity index (χ4n) is 2.55. The second-order valence-corrected chi connectivity index (χ2v) is 4.90. The molecular weight excluding hydrogens is 172 g/mol. The van der Waals surface area contributed by atoms with Gasteiger partial charge in [-0.2, -0.15) is 0 Å². The first-order chi connectivity index (χ1) is 6.72. The molecule has 0 spiro atoms. The smallest absolute Gasteiger partial charge is 0.0164 e. The van der Waals surface area contributed by atoms with Crippen molar-refractivity contribution in [2.45, 2.75) is 52.0 Å². The zero-order chi connectivity index (χ0) is 10.4. The molecular formula is C12H26N2. The van der Waals surface area contributed by atoms with E-state index in [2.05, 4.69) is 24.5 Å². The second kappa shape index (κ2) is 5.72. The molecule has 1 aliphatic rings. The first-order valence-electron chi connectivity index (χ1n) is 6.10. The predicted octanol–water partition coefficient (Wildman–Crippen LogP) is 2.15. The molecule has 2 heteroatoms. The van der Waals surface area contributed by atoms with Crippen molar-refractivity contribution < 1.29 is 0 Å². The molecule has 0 aliphatic heterocycles. The number of likely N-dealkylation sites (N-methyl/N-ethyl adjacent to an activating group) is 1. The molecule has 1 saturated carbocycles. The Labute approximate surface area is 88.8 Å². The number of hydrogen-bond donors (Lipinski definition) is 2. The average molecular weight is 198 g/mol. The third-order valence-electron chi connectivity index (χ3n) is 3.75. The van der Waals surface area contributed by atoms with Gasteiger partial charge in [0, 0.05) is 19.1 Å². The van der Waals surface area contributed by atoms with Crippen LogP contribution in [0.15, 0.2) is 0 Å². The Morgan fingerprint density at radius 2 is 1.93 bits per heavy atom. The molecule has 0 amide bonds. The summed E-state index contributed by atoms with van der Waals surface area (Å²) in [6, 6.07) is 0.601. The molecule has 0 heterocycles. The average Bonchev–Trinajstić information content (AvgIpc) is 2.65. The van der Waals surface area contributed by atoms with E-state index in [1.54, 1.807) is 0 Å². The molecule has 1 atom stereocenters. The Morgan fingerprint density at radius 1 is 1.29 bits per heavy atom. The quantitative estimate of drug-likeness (QED) is 0.683. The molecule has 1 rings (SSSR count). The Hall–Kier alpha value is -0.0800. The summed E-state index contributed by atoms with van der Waals surface area (Å²) in [7, 11) is 2.02. The summed E-state index contributed by atoms with van der Waals surface area (Å²) < 4.78 is 0. The molecule has 1 unspecified atom stereocenters. The Morgan fingerprint density at radius 3 is 2.43 bits per heavy atom. The molecule has 0 aromatic rings. The van der Waals surface area contributed by atoms with Crippen LogP contribution in [0.25, 0.3) is 0 Å². The first-order valence-corrected chi connectivity index (χ1v) is 6.10. The summed E-state index contributed by atoms with van der Waals surface area (Å²) in [6.07, 6.45) is 7.09. The third kappa shape index (κ3) is 3.25. The molecule has 0 aromatic heterocycles. The lowest BCUT2D eigenvalue weighted by molar-refractivity contribution is 0.257. The van der Waals surface area contributed by atoms with Crippen molar-refractivity contribution in [1.82, 2.24) is 10.6 Å². The summed E-state index contributed by atoms with van der Waals surface area (Å²) in [5.41, 5.74) is 0.627. The van der Waals surface area contributed by atoms with E-state index in [1.807, 2.05) is 7.05 Å². The van der Waals surface area contributed by atoms with Gasteiger partial charge in [-0.3, -0.25) is 0 Å². The third-order valence-corrected chi connectivity index (χ3v) is 3.75. The molecule has 0 aromatic carbocycles. The topological polar surface area (TPSA) is 24.1 Å². The summed E-state index contributed by atoms with van der Waals surface area (Å²) in [5, 5.41) is 6.87. The van der Waals surface area contributed by atoms with Crippen LogP contribution >= 0.6 is 0 Å². The highest BCUT2D eigenvalue weighted by molar-refractivity contribution is 4.86. The minimum Gasteiger partial charge on any atom is -0.318 e. The Kier molecular flexibility index (Phi) is 4.90. The van der Waals surface area contributed by atoms with E-state index < -0.39 is 0 Å². The maximum absolute atomic E-state index is 3.65. The van der Waals surface area contributed by atoms with Gasteiger partial charge in [-0.1, -0.05) is 19.8 Å². The van der Waals surface area contributed by atoms with E-state index in [9.17, 15) is 0 Å². The predicted molar refractivity (Wildman–Crippen MR) is 62.6 cm³/mol. The lowest BCUT2D eigenvalue weighted by Crippen LogP contribution is -2.41. The minimum absolute atomic E-state index is 0.601. The van der Waals surface area contributed by atoms with Gasteiger partial charge < -0.3 is 10.6 Å². The van der Waals surface area contributed by atoms with Crippen LogP contribution in [-0.2, 0) is 0 Å². The summed E-state index contributed by atoms with van der Waals surface area (Å²) in [4.78, 5) is 0. The van der Waals surface area contributed by atoms with Crippen LogP contribution in [0.4, 0.5) is 0 Å². The van der Waals surface area contributed by atoms with Crippen molar-refractivity contribution in [3.8, 4) is 0 Å². The van der Waals surface area contributed by atoms with Crippen LogP contribution in [0.5, 0.6) is 0 Å². The molecule has 84 valence electrons. The Balaban J connectivity index is 2.27. The standard InChI is InChI=1S/C12H26N2/c1-4-12(7-5-6-8-12)10-14-11(2)9-13-3/h11,13-14H,4-10H2,1-3H3. The van der Waals surface area contributed by atoms with Crippen LogP contribution < -0.4 is 10.6 Å². The van der Waals surface area contributed by atoms with Gasteiger partial charge in [0.1, 0.15) is 0 Å². The maximum Gasteiger partial charge on any atom is 0.0164 e. The highest BCUT2D eigenvalue weighted by atomic mass is 15.0. The van der Waals surface area contributed by atoms with E-state index in [0.29, 0.717) is 11.5 Å². The van der Waals surface area contributed by atoms with Crippen molar-refractivity contribution in [3.63, 3.8) is 0 Å². The number of rotatable bonds is 6. The number of hydrogen-bond acceptors (Lipinski definition) is 2. The highest BCUT2D eigenvalue weighted by Gasteiger charge is 2.31. The molecule has 0 radical (unpaired) electrons. The van der Waals surface area contributed by atoms with Crippen LogP contribution in [0, 0.1) is 5.41 Å². The van der Waals surface area contributed by atoms with Gasteiger partial charge >= 0.3 is 0 Å². The van der Waals surface area contributed by atoms with E-state index in [4.69, 9.17) is 0 Å². The van der Waals surface area contributed by atoms with E-state index in [-0.39, 0.29) is 0 Å². The van der Waals surface area contributed by atoms with E-state index >= 15 is 0 Å². The zero-order valence-electron chi connectivity index (χ0n) is 10.0. The largest absolute Gasteiger partial charge is 0.318 e. The van der Waals surface area contributed by atoms with Crippen LogP contribution in [-0.4, -0.2) is 26.2 Å². The lowest BCUT2D eigenvalue weighted by atomic mass is 9.83.